The molecule has 1 nitrogen and oxygen atoms in total. The minimum Gasteiger partial charge on any atom is -0.496 e. The number of fused-ring (bicyclic) bond motifs is 1. The van der Waals surface area contributed by atoms with Crippen LogP contribution in [0, 0.1) is 19.3 Å². The van der Waals surface area contributed by atoms with Gasteiger partial charge in [-0.25, -0.2) is 0 Å². The second-order valence-electron chi connectivity index (χ2n) is 5.15. The van der Waals surface area contributed by atoms with Crippen molar-refractivity contribution in [3.8, 4) is 29.2 Å². The highest BCUT2D eigenvalue weighted by Gasteiger charge is 2.13. The molecule has 0 N–H and O–H groups in total. The molecule has 3 aromatic rings. The average Bonchev–Trinajstić information content (AvgIpc) is 2.55. The number of aryl methyl sites for hydroxylation is 1. The van der Waals surface area contributed by atoms with E-state index in [-0.39, 0.29) is 0 Å². The molecule has 0 heterocycles. The van der Waals surface area contributed by atoms with Gasteiger partial charge in [-0.3, -0.25) is 0 Å². The second kappa shape index (κ2) is 5.75. The summed E-state index contributed by atoms with van der Waals surface area (Å²) < 4.78 is 5.56. The summed E-state index contributed by atoms with van der Waals surface area (Å²) in [6.07, 6.45) is 5.66. The smallest absolute Gasteiger partial charge is 0.127 e. The van der Waals surface area contributed by atoms with Crippen LogP contribution in [0.3, 0.4) is 0 Å². The van der Waals surface area contributed by atoms with Gasteiger partial charge in [0.2, 0.25) is 0 Å². The molecule has 0 aliphatic carbocycles. The number of terminal acetylenes is 1. The van der Waals surface area contributed by atoms with Crippen LogP contribution < -0.4 is 4.74 Å². The first-order valence-electron chi connectivity index (χ1n) is 6.98. The topological polar surface area (TPSA) is 9.23 Å². The summed E-state index contributed by atoms with van der Waals surface area (Å²) in [4.78, 5) is 0. The van der Waals surface area contributed by atoms with E-state index in [1.807, 2.05) is 30.3 Å². The van der Waals surface area contributed by atoms with E-state index in [0.29, 0.717) is 5.02 Å². The van der Waals surface area contributed by atoms with Crippen molar-refractivity contribution >= 4 is 22.4 Å². The van der Waals surface area contributed by atoms with Crippen molar-refractivity contribution in [1.29, 1.82) is 0 Å². The van der Waals surface area contributed by atoms with E-state index >= 15 is 0 Å². The number of hydrogen-bond acceptors (Lipinski definition) is 1. The Hall–Kier alpha value is -2.43. The molecule has 0 saturated carbocycles. The highest BCUT2D eigenvalue weighted by molar-refractivity contribution is 6.30. The van der Waals surface area contributed by atoms with Gasteiger partial charge in [-0.1, -0.05) is 47.9 Å². The lowest BCUT2D eigenvalue weighted by molar-refractivity contribution is 0.420. The molecule has 22 heavy (non-hydrogen) atoms. The highest BCUT2D eigenvalue weighted by atomic mass is 35.5. The van der Waals surface area contributed by atoms with Gasteiger partial charge in [0.15, 0.2) is 0 Å². The molecule has 0 aliphatic rings. The Morgan fingerprint density at radius 2 is 1.82 bits per heavy atom. The molecule has 0 amide bonds. The zero-order valence-electron chi connectivity index (χ0n) is 12.5. The molecule has 0 atom stereocenters. The summed E-state index contributed by atoms with van der Waals surface area (Å²) in [5.74, 6) is 3.57. The van der Waals surface area contributed by atoms with Gasteiger partial charge < -0.3 is 4.74 Å². The Balaban J connectivity index is 2.43. The molecule has 0 aromatic heterocycles. The Morgan fingerprint density at radius 1 is 1.05 bits per heavy atom. The van der Waals surface area contributed by atoms with Gasteiger partial charge in [0.1, 0.15) is 5.75 Å². The summed E-state index contributed by atoms with van der Waals surface area (Å²) in [7, 11) is 1.69. The Kier molecular flexibility index (Phi) is 3.79. The van der Waals surface area contributed by atoms with Gasteiger partial charge in [0.05, 0.1) is 7.11 Å². The fraction of sp³-hybridized carbons (Fsp3) is 0.100. The molecular weight excluding hydrogens is 292 g/mol. The monoisotopic (exact) mass is 306 g/mol. The maximum atomic E-state index is 6.06. The zero-order valence-corrected chi connectivity index (χ0v) is 13.2. The average molecular weight is 307 g/mol. The molecule has 0 aliphatic heterocycles. The quantitative estimate of drug-likeness (QED) is 0.571. The zero-order chi connectivity index (χ0) is 15.7. The van der Waals surface area contributed by atoms with Crippen molar-refractivity contribution in [1.82, 2.24) is 0 Å². The van der Waals surface area contributed by atoms with Crippen molar-refractivity contribution in [2.75, 3.05) is 7.11 Å². The number of hydrogen-bond donors (Lipinski definition) is 0. The van der Waals surface area contributed by atoms with Gasteiger partial charge >= 0.3 is 0 Å². The summed E-state index contributed by atoms with van der Waals surface area (Å²) in [5, 5.41) is 2.87. The Morgan fingerprint density at radius 3 is 2.55 bits per heavy atom. The van der Waals surface area contributed by atoms with Crippen LogP contribution in [-0.4, -0.2) is 7.11 Å². The number of benzene rings is 3. The van der Waals surface area contributed by atoms with Crippen molar-refractivity contribution in [2.24, 2.45) is 0 Å². The predicted molar refractivity (Wildman–Crippen MR) is 93.6 cm³/mol. The van der Waals surface area contributed by atoms with Gasteiger partial charge in [-0.05, 0) is 47.2 Å². The van der Waals surface area contributed by atoms with E-state index in [0.717, 1.165) is 33.2 Å². The molecule has 0 spiro atoms. The van der Waals surface area contributed by atoms with Crippen molar-refractivity contribution in [3.05, 3.63) is 64.7 Å². The van der Waals surface area contributed by atoms with Crippen molar-refractivity contribution in [2.45, 2.75) is 6.92 Å². The first-order chi connectivity index (χ1) is 10.7. The van der Waals surface area contributed by atoms with Gasteiger partial charge in [-0.15, -0.1) is 6.42 Å². The van der Waals surface area contributed by atoms with E-state index in [1.54, 1.807) is 7.11 Å². The Labute approximate surface area is 135 Å². The second-order valence-corrected chi connectivity index (χ2v) is 5.58. The maximum absolute atomic E-state index is 6.06. The minimum atomic E-state index is 0.639. The first kappa shape index (κ1) is 14.5. The number of rotatable bonds is 2. The molecule has 0 radical (unpaired) electrons. The predicted octanol–water partition coefficient (Wildman–Crippen LogP) is 5.46. The lowest BCUT2D eigenvalue weighted by atomic mass is 9.92. The first-order valence-corrected chi connectivity index (χ1v) is 7.36. The summed E-state index contributed by atoms with van der Waals surface area (Å²) in [6, 6.07) is 15.9. The van der Waals surface area contributed by atoms with Crippen molar-refractivity contribution < 1.29 is 4.74 Å². The standard InChI is InChI=1S/C20H15ClO/c1-4-14-12-15(21)9-11-17(14)18-10-8-13(2)16-6-5-7-19(22-3)20(16)18/h1,5-12H,2-3H3. The third kappa shape index (κ3) is 2.32. The molecule has 3 aromatic carbocycles. The SMILES string of the molecule is C#Cc1cc(Cl)ccc1-c1ccc(C)c2cccc(OC)c12. The van der Waals surface area contributed by atoms with E-state index in [4.69, 9.17) is 22.8 Å². The number of ether oxygens (including phenoxy) is 1. The van der Waals surface area contributed by atoms with Gasteiger partial charge in [0, 0.05) is 16.0 Å². The highest BCUT2D eigenvalue weighted by Crippen LogP contribution is 2.38. The molecule has 0 saturated heterocycles. The van der Waals surface area contributed by atoms with Crippen LogP contribution in [-0.2, 0) is 0 Å². The summed E-state index contributed by atoms with van der Waals surface area (Å²) >= 11 is 6.06. The van der Waals surface area contributed by atoms with E-state index < -0.39 is 0 Å². The van der Waals surface area contributed by atoms with Gasteiger partial charge in [0.25, 0.3) is 0 Å². The fourth-order valence-electron chi connectivity index (χ4n) is 2.78. The largest absolute Gasteiger partial charge is 0.496 e. The number of methoxy groups -OCH3 is 1. The molecule has 0 fully saturated rings. The van der Waals surface area contributed by atoms with Crippen LogP contribution >= 0.6 is 11.6 Å². The molecule has 0 bridgehead atoms. The lowest BCUT2D eigenvalue weighted by Crippen LogP contribution is -1.92. The molecular formula is C20H15ClO. The molecule has 0 unspecified atom stereocenters. The van der Waals surface area contributed by atoms with E-state index in [2.05, 4.69) is 31.0 Å². The fourth-order valence-corrected chi connectivity index (χ4v) is 2.96. The summed E-state index contributed by atoms with van der Waals surface area (Å²) in [5.41, 5.74) is 4.03. The van der Waals surface area contributed by atoms with E-state index in [9.17, 15) is 0 Å². The number of halogens is 1. The molecule has 2 heteroatoms. The molecule has 108 valence electrons. The minimum absolute atomic E-state index is 0.639. The Bertz CT molecular complexity index is 903. The van der Waals surface area contributed by atoms with Crippen molar-refractivity contribution in [3.63, 3.8) is 0 Å². The van der Waals surface area contributed by atoms with E-state index in [1.165, 1.54) is 5.56 Å². The maximum Gasteiger partial charge on any atom is 0.127 e. The third-order valence-electron chi connectivity index (χ3n) is 3.87. The van der Waals surface area contributed by atoms with Crippen LogP contribution in [0.25, 0.3) is 21.9 Å². The lowest BCUT2D eigenvalue weighted by Gasteiger charge is -2.14. The van der Waals surface area contributed by atoms with Crippen LogP contribution in [0.5, 0.6) is 5.75 Å². The molecule has 3 rings (SSSR count). The van der Waals surface area contributed by atoms with Crippen LogP contribution in [0.2, 0.25) is 5.02 Å². The third-order valence-corrected chi connectivity index (χ3v) is 4.10. The summed E-state index contributed by atoms with van der Waals surface area (Å²) in [6.45, 7) is 2.09. The normalized spacial score (nSPS) is 10.5. The van der Waals surface area contributed by atoms with Crippen LogP contribution in [0.1, 0.15) is 11.1 Å². The van der Waals surface area contributed by atoms with Crippen LogP contribution in [0.4, 0.5) is 0 Å². The van der Waals surface area contributed by atoms with Crippen LogP contribution in [0.15, 0.2) is 48.5 Å². The van der Waals surface area contributed by atoms with Gasteiger partial charge in [-0.2, -0.15) is 0 Å².